The van der Waals surface area contributed by atoms with Crippen molar-refractivity contribution in [3.8, 4) is 11.6 Å². The summed E-state index contributed by atoms with van der Waals surface area (Å²) in [6.07, 6.45) is 10.8. The van der Waals surface area contributed by atoms with Crippen molar-refractivity contribution in [1.29, 1.82) is 0 Å². The molecule has 4 aliphatic rings. The van der Waals surface area contributed by atoms with E-state index in [0.717, 1.165) is 35.2 Å². The van der Waals surface area contributed by atoms with Crippen molar-refractivity contribution < 1.29 is 14.6 Å². The average molecular weight is 542 g/mol. The number of hydrogen-bond acceptors (Lipinski definition) is 6. The maximum absolute atomic E-state index is 12.7. The molecule has 40 heavy (non-hydrogen) atoms. The predicted molar refractivity (Wildman–Crippen MR) is 153 cm³/mol. The highest BCUT2D eigenvalue weighted by molar-refractivity contribution is 5.90. The Bertz CT molecular complexity index is 1510. The average Bonchev–Trinajstić information content (AvgIpc) is 2.93. The van der Waals surface area contributed by atoms with Gasteiger partial charge in [-0.15, -0.1) is 0 Å². The first kappa shape index (κ1) is 26.3. The van der Waals surface area contributed by atoms with Crippen molar-refractivity contribution >= 4 is 17.9 Å². The highest BCUT2D eigenvalue weighted by atomic mass is 16.5. The number of aromatic nitrogens is 2. The van der Waals surface area contributed by atoms with Crippen molar-refractivity contribution in [2.75, 3.05) is 6.61 Å². The quantitative estimate of drug-likeness (QED) is 0.225. The van der Waals surface area contributed by atoms with Gasteiger partial charge in [-0.3, -0.25) is 14.8 Å². The van der Waals surface area contributed by atoms with Crippen molar-refractivity contribution in [2.45, 2.75) is 63.7 Å². The molecule has 4 aliphatic carbocycles. The number of rotatable bonds is 8. The molecule has 8 heteroatoms. The van der Waals surface area contributed by atoms with Crippen LogP contribution in [0.25, 0.3) is 5.69 Å². The Labute approximate surface area is 232 Å². The number of aromatic amines is 1. The van der Waals surface area contributed by atoms with Crippen LogP contribution >= 0.6 is 0 Å². The lowest BCUT2D eigenvalue weighted by Gasteiger charge is -2.57. The second kappa shape index (κ2) is 10.6. The van der Waals surface area contributed by atoms with Gasteiger partial charge >= 0.3 is 11.7 Å². The maximum Gasteiger partial charge on any atom is 0.338 e. The number of esters is 1. The molecule has 4 fully saturated rings. The second-order valence-corrected chi connectivity index (χ2v) is 11.9. The van der Waals surface area contributed by atoms with Crippen molar-refractivity contribution in [2.24, 2.45) is 22.7 Å². The van der Waals surface area contributed by atoms with Gasteiger partial charge in [-0.2, -0.15) is 0 Å². The lowest BCUT2D eigenvalue weighted by Crippen LogP contribution is -2.48. The molecule has 7 rings (SSSR count). The van der Waals surface area contributed by atoms with Crippen LogP contribution in [0.1, 0.15) is 79.8 Å². The molecule has 4 saturated carbocycles. The van der Waals surface area contributed by atoms with Crippen LogP contribution in [0.3, 0.4) is 0 Å². The normalized spacial score (nSPS) is 25.0. The van der Waals surface area contributed by atoms with Crippen molar-refractivity contribution in [3.63, 3.8) is 0 Å². The number of nitrogens with one attached hydrogen (secondary N) is 1. The van der Waals surface area contributed by atoms with E-state index in [0.29, 0.717) is 23.5 Å². The Morgan fingerprint density at radius 1 is 1.02 bits per heavy atom. The highest BCUT2D eigenvalue weighted by Gasteiger charge is 2.51. The monoisotopic (exact) mass is 541 g/mol. The Morgan fingerprint density at radius 2 is 1.65 bits per heavy atom. The number of hydrogen-bond donors (Lipinski definition) is 2. The molecule has 2 aromatic carbocycles. The van der Waals surface area contributed by atoms with E-state index in [-0.39, 0.29) is 11.0 Å². The summed E-state index contributed by atoms with van der Waals surface area (Å²) < 4.78 is 6.31. The van der Waals surface area contributed by atoms with E-state index in [4.69, 9.17) is 4.74 Å². The van der Waals surface area contributed by atoms with Gasteiger partial charge in [0.1, 0.15) is 5.56 Å². The number of carbonyl (C=O) groups excluding carboxylic acids is 1. The first-order valence-electron chi connectivity index (χ1n) is 14.4. The third-order valence-electron chi connectivity index (χ3n) is 9.07. The fourth-order valence-electron chi connectivity index (χ4n) is 7.54. The van der Waals surface area contributed by atoms with E-state index in [1.165, 1.54) is 50.3 Å². The molecule has 3 aromatic rings. The number of H-pyrrole nitrogens is 1. The molecule has 0 aliphatic heterocycles. The minimum Gasteiger partial charge on any atom is -0.493 e. The van der Waals surface area contributed by atoms with Gasteiger partial charge < -0.3 is 9.84 Å². The zero-order valence-corrected chi connectivity index (χ0v) is 22.8. The summed E-state index contributed by atoms with van der Waals surface area (Å²) in [5.74, 6) is 1.61. The van der Waals surface area contributed by atoms with Gasteiger partial charge in [0.25, 0.3) is 5.56 Å². The van der Waals surface area contributed by atoms with Gasteiger partial charge in [-0.25, -0.2) is 14.2 Å². The number of ether oxygens (including phenoxy) is 1. The Morgan fingerprint density at radius 3 is 2.25 bits per heavy atom. The zero-order chi connectivity index (χ0) is 27.9. The molecular weight excluding hydrogens is 506 g/mol. The van der Waals surface area contributed by atoms with Crippen molar-refractivity contribution in [1.82, 2.24) is 9.55 Å². The molecule has 208 valence electrons. The summed E-state index contributed by atoms with van der Waals surface area (Å²) in [5, 5.41) is 11.0. The minimum absolute atomic E-state index is 0.132. The fourth-order valence-corrected chi connectivity index (χ4v) is 7.54. The van der Waals surface area contributed by atoms with Gasteiger partial charge in [-0.05, 0) is 110 Å². The summed E-state index contributed by atoms with van der Waals surface area (Å²) in [4.78, 5) is 44.0. The lowest BCUT2D eigenvalue weighted by atomic mass is 9.48. The van der Waals surface area contributed by atoms with Crippen LogP contribution < -0.4 is 11.2 Å². The third-order valence-corrected chi connectivity index (χ3v) is 9.07. The first-order valence-corrected chi connectivity index (χ1v) is 14.4. The second-order valence-electron chi connectivity index (χ2n) is 11.9. The van der Waals surface area contributed by atoms with Crippen molar-refractivity contribution in [3.05, 3.63) is 86.1 Å². The third kappa shape index (κ3) is 4.91. The van der Waals surface area contributed by atoms with Crippen LogP contribution in [0, 0.1) is 17.8 Å². The summed E-state index contributed by atoms with van der Waals surface area (Å²) >= 11 is 0. The topological polar surface area (TPSA) is 114 Å². The number of unbranched alkanes of at least 4 members (excludes halogenated alkanes) is 1. The van der Waals surface area contributed by atoms with Crippen LogP contribution in [0.4, 0.5) is 5.69 Å². The highest BCUT2D eigenvalue weighted by Crippen LogP contribution is 2.60. The maximum atomic E-state index is 12.7. The van der Waals surface area contributed by atoms with Crippen LogP contribution in [0.15, 0.2) is 63.1 Å². The lowest BCUT2D eigenvalue weighted by molar-refractivity contribution is -0.00518. The number of aliphatic imine (C=N–C) groups is 1. The Balaban J connectivity index is 1.23. The summed E-state index contributed by atoms with van der Waals surface area (Å²) in [6.45, 7) is 2.40. The number of aromatic hydroxyl groups is 1. The number of benzene rings is 2. The molecule has 1 heterocycles. The molecule has 4 bridgehead atoms. The molecule has 8 nitrogen and oxygen atoms in total. The van der Waals surface area contributed by atoms with Gasteiger partial charge in [0.15, 0.2) is 0 Å². The molecule has 0 amide bonds. The molecule has 2 N–H and O–H groups in total. The zero-order valence-electron chi connectivity index (χ0n) is 22.8. The minimum atomic E-state index is -0.733. The predicted octanol–water partition coefficient (Wildman–Crippen LogP) is 5.41. The molecule has 0 spiro atoms. The van der Waals surface area contributed by atoms with E-state index >= 15 is 0 Å². The molecule has 0 unspecified atom stereocenters. The van der Waals surface area contributed by atoms with Gasteiger partial charge in [-0.1, -0.05) is 25.5 Å². The molecule has 0 atom stereocenters. The first-order chi connectivity index (χ1) is 19.3. The van der Waals surface area contributed by atoms with Crippen LogP contribution in [0.2, 0.25) is 0 Å². The van der Waals surface area contributed by atoms with E-state index < -0.39 is 23.1 Å². The Hall–Kier alpha value is -3.94. The molecule has 1 aromatic heterocycles. The number of nitrogens with zero attached hydrogens (tertiary/aromatic N) is 2. The van der Waals surface area contributed by atoms with Gasteiger partial charge in [0.05, 0.1) is 23.5 Å². The SMILES string of the molecule is CCCCOC(=O)c1ccc(N=Cc2c(O)n(-c3ccc(C45CC6CC(CC(C6)C4)C5)cc3)c(=O)[nH]c2=O)cc1. The summed E-state index contributed by atoms with van der Waals surface area (Å²) in [7, 11) is 0. The number of carbonyl (C=O) groups is 1. The summed E-state index contributed by atoms with van der Waals surface area (Å²) in [6, 6.07) is 14.3. The molecule has 0 radical (unpaired) electrons. The largest absolute Gasteiger partial charge is 0.493 e. The van der Waals surface area contributed by atoms with Gasteiger partial charge in [0.2, 0.25) is 5.88 Å². The Kier molecular flexibility index (Phi) is 6.94. The standard InChI is InChI=1S/C32H35N3O5/c1-2-3-12-40-30(38)23-4-8-25(9-5-23)33-19-27-28(36)34-31(39)35(29(27)37)26-10-6-24(7-11-26)32-16-20-13-21(17-32)15-22(14-20)18-32/h4-11,19-22,37H,2-3,12-18H2,1H3,(H,34,36,39). The van der Waals surface area contributed by atoms with E-state index in [2.05, 4.69) is 22.1 Å². The van der Waals surface area contributed by atoms with E-state index in [9.17, 15) is 19.5 Å². The fraction of sp³-hybridized carbons (Fsp3) is 0.438. The van der Waals surface area contributed by atoms with Crippen LogP contribution in [0.5, 0.6) is 5.88 Å². The molecular formula is C32H35N3O5. The van der Waals surface area contributed by atoms with Crippen LogP contribution in [-0.4, -0.2) is 33.4 Å². The van der Waals surface area contributed by atoms with Crippen LogP contribution in [-0.2, 0) is 10.2 Å². The van der Waals surface area contributed by atoms with Gasteiger partial charge in [0, 0.05) is 6.21 Å². The molecule has 0 saturated heterocycles. The summed E-state index contributed by atoms with van der Waals surface area (Å²) in [5.41, 5.74) is 1.32. The smallest absolute Gasteiger partial charge is 0.338 e. The van der Waals surface area contributed by atoms with E-state index in [1.807, 2.05) is 19.1 Å². The van der Waals surface area contributed by atoms with E-state index in [1.54, 1.807) is 24.3 Å².